The summed E-state index contributed by atoms with van der Waals surface area (Å²) >= 11 is 1.82. The molecule has 0 fully saturated rings. The van der Waals surface area contributed by atoms with Crippen LogP contribution in [0.4, 0.5) is 5.82 Å². The number of benzene rings is 1. The maximum absolute atomic E-state index is 5.35. The lowest BCUT2D eigenvalue weighted by Crippen LogP contribution is -2.08. The minimum atomic E-state index is 0.581. The normalized spacial score (nSPS) is 10.7. The summed E-state index contributed by atoms with van der Waals surface area (Å²) < 4.78 is 0. The van der Waals surface area contributed by atoms with Crippen LogP contribution in [-0.4, -0.2) is 4.98 Å². The van der Waals surface area contributed by atoms with Gasteiger partial charge in [0.05, 0.1) is 0 Å². The molecule has 0 bridgehead atoms. The van der Waals surface area contributed by atoms with E-state index in [1.165, 1.54) is 16.0 Å². The summed E-state index contributed by atoms with van der Waals surface area (Å²) in [5, 5.41) is 0. The second-order valence-corrected chi connectivity index (χ2v) is 5.75. The third kappa shape index (κ3) is 3.98. The quantitative estimate of drug-likeness (QED) is 0.494. The number of nitrogens with zero attached hydrogens (tertiary/aromatic N) is 1. The van der Waals surface area contributed by atoms with E-state index in [2.05, 4.69) is 48.5 Å². The average molecular weight is 273 g/mol. The number of nitrogen functional groups attached to an aromatic ring is 1. The van der Waals surface area contributed by atoms with Crippen LogP contribution in [0.25, 0.3) is 0 Å². The van der Waals surface area contributed by atoms with Gasteiger partial charge in [0.1, 0.15) is 5.82 Å². The van der Waals surface area contributed by atoms with Crippen LogP contribution in [0.15, 0.2) is 47.5 Å². The van der Waals surface area contributed by atoms with Crippen LogP contribution in [0.1, 0.15) is 30.9 Å². The highest BCUT2D eigenvalue weighted by molar-refractivity contribution is 7.98. The summed E-state index contributed by atoms with van der Waals surface area (Å²) in [6.45, 7) is 4.42. The Morgan fingerprint density at radius 2 is 1.95 bits per heavy atom. The number of pyridine rings is 1. The van der Waals surface area contributed by atoms with Crippen LogP contribution >= 0.6 is 11.8 Å². The topological polar surface area (TPSA) is 50.9 Å². The Balaban J connectivity index is 1.98. The number of anilines is 1. The first-order valence-electron chi connectivity index (χ1n) is 6.33. The van der Waals surface area contributed by atoms with Crippen molar-refractivity contribution in [1.82, 2.24) is 4.98 Å². The van der Waals surface area contributed by atoms with E-state index in [0.717, 1.165) is 5.75 Å². The highest BCUT2D eigenvalue weighted by Gasteiger charge is 2.01. The van der Waals surface area contributed by atoms with Crippen molar-refractivity contribution in [2.75, 3.05) is 5.43 Å². The van der Waals surface area contributed by atoms with E-state index in [-0.39, 0.29) is 0 Å². The van der Waals surface area contributed by atoms with Crippen LogP contribution < -0.4 is 11.3 Å². The molecule has 100 valence electrons. The zero-order chi connectivity index (χ0) is 13.7. The fourth-order valence-corrected chi connectivity index (χ4v) is 2.60. The van der Waals surface area contributed by atoms with E-state index in [1.54, 1.807) is 6.20 Å². The third-order valence-corrected chi connectivity index (χ3v) is 4.01. The van der Waals surface area contributed by atoms with Crippen molar-refractivity contribution in [3.8, 4) is 0 Å². The molecule has 1 aromatic carbocycles. The number of hydrogen-bond acceptors (Lipinski definition) is 4. The summed E-state index contributed by atoms with van der Waals surface area (Å²) in [6, 6.07) is 12.7. The molecule has 0 aliphatic rings. The Labute approximate surface area is 118 Å². The van der Waals surface area contributed by atoms with Crippen molar-refractivity contribution >= 4 is 17.6 Å². The van der Waals surface area contributed by atoms with E-state index in [0.29, 0.717) is 11.7 Å². The number of hydrazine groups is 1. The molecule has 3 N–H and O–H groups in total. The molecule has 4 heteroatoms. The standard InChI is InChI=1S/C15H19N3S/c1-11(2)13-3-5-14(6-4-13)19-10-12-7-8-17-15(9-12)18-16/h3-9,11H,10,16H2,1-2H3,(H,17,18). The van der Waals surface area contributed by atoms with Crippen molar-refractivity contribution in [2.45, 2.75) is 30.4 Å². The number of thioether (sulfide) groups is 1. The van der Waals surface area contributed by atoms with Gasteiger partial charge in [0.15, 0.2) is 0 Å². The molecule has 0 aliphatic carbocycles. The Bertz CT molecular complexity index is 523. The molecule has 2 aromatic rings. The summed E-state index contributed by atoms with van der Waals surface area (Å²) in [4.78, 5) is 5.38. The predicted octanol–water partition coefficient (Wildman–Crippen LogP) is 3.78. The monoisotopic (exact) mass is 273 g/mol. The molecule has 1 aromatic heterocycles. The lowest BCUT2D eigenvalue weighted by atomic mass is 10.0. The van der Waals surface area contributed by atoms with Gasteiger partial charge < -0.3 is 5.43 Å². The van der Waals surface area contributed by atoms with Gasteiger partial charge in [0.25, 0.3) is 0 Å². The van der Waals surface area contributed by atoms with E-state index in [4.69, 9.17) is 5.84 Å². The second kappa shape index (κ2) is 6.59. The zero-order valence-corrected chi connectivity index (χ0v) is 12.1. The van der Waals surface area contributed by atoms with Gasteiger partial charge in [-0.25, -0.2) is 10.8 Å². The van der Waals surface area contributed by atoms with Crippen LogP contribution in [-0.2, 0) is 5.75 Å². The number of hydrogen-bond donors (Lipinski definition) is 2. The Morgan fingerprint density at radius 3 is 2.58 bits per heavy atom. The first-order chi connectivity index (χ1) is 9.19. The van der Waals surface area contributed by atoms with Gasteiger partial charge in [-0.15, -0.1) is 11.8 Å². The van der Waals surface area contributed by atoms with Gasteiger partial charge in [-0.3, -0.25) is 0 Å². The summed E-state index contributed by atoms with van der Waals surface area (Å²) in [6.07, 6.45) is 1.77. The third-order valence-electron chi connectivity index (χ3n) is 2.92. The molecule has 1 heterocycles. The summed E-state index contributed by atoms with van der Waals surface area (Å²) in [5.41, 5.74) is 5.15. The maximum atomic E-state index is 5.35. The number of rotatable bonds is 5. The van der Waals surface area contributed by atoms with Gasteiger partial charge in [-0.05, 0) is 41.3 Å². The maximum Gasteiger partial charge on any atom is 0.140 e. The number of aromatic nitrogens is 1. The fourth-order valence-electron chi connectivity index (χ4n) is 1.76. The average Bonchev–Trinajstić information content (AvgIpc) is 2.46. The first-order valence-corrected chi connectivity index (χ1v) is 7.32. The lowest BCUT2D eigenvalue weighted by molar-refractivity contribution is 0.865. The highest BCUT2D eigenvalue weighted by Crippen LogP contribution is 2.25. The molecule has 3 nitrogen and oxygen atoms in total. The SMILES string of the molecule is CC(C)c1ccc(SCc2ccnc(NN)c2)cc1. The molecule has 0 radical (unpaired) electrons. The molecule has 19 heavy (non-hydrogen) atoms. The van der Waals surface area contributed by atoms with Crippen molar-refractivity contribution in [3.63, 3.8) is 0 Å². The minimum Gasteiger partial charge on any atom is -0.308 e. The van der Waals surface area contributed by atoms with E-state index < -0.39 is 0 Å². The Hall–Kier alpha value is -1.52. The van der Waals surface area contributed by atoms with Crippen molar-refractivity contribution in [3.05, 3.63) is 53.7 Å². The van der Waals surface area contributed by atoms with E-state index in [1.807, 2.05) is 23.9 Å². The van der Waals surface area contributed by atoms with Gasteiger partial charge in [-0.2, -0.15) is 0 Å². The van der Waals surface area contributed by atoms with Crippen molar-refractivity contribution < 1.29 is 0 Å². The zero-order valence-electron chi connectivity index (χ0n) is 11.3. The summed E-state index contributed by atoms with van der Waals surface area (Å²) in [7, 11) is 0. The van der Waals surface area contributed by atoms with Gasteiger partial charge >= 0.3 is 0 Å². The number of nitrogens with one attached hydrogen (secondary N) is 1. The minimum absolute atomic E-state index is 0.581. The molecule has 0 saturated heterocycles. The molecule has 0 spiro atoms. The van der Waals surface area contributed by atoms with Crippen molar-refractivity contribution in [2.24, 2.45) is 5.84 Å². The van der Waals surface area contributed by atoms with E-state index >= 15 is 0 Å². The van der Waals surface area contributed by atoms with Crippen LogP contribution in [0.2, 0.25) is 0 Å². The predicted molar refractivity (Wildman–Crippen MR) is 82.1 cm³/mol. The fraction of sp³-hybridized carbons (Fsp3) is 0.267. The smallest absolute Gasteiger partial charge is 0.140 e. The van der Waals surface area contributed by atoms with Crippen molar-refractivity contribution in [1.29, 1.82) is 0 Å². The molecular weight excluding hydrogens is 254 g/mol. The lowest BCUT2D eigenvalue weighted by Gasteiger charge is -2.07. The molecule has 0 amide bonds. The van der Waals surface area contributed by atoms with Crippen LogP contribution in [0, 0.1) is 0 Å². The Morgan fingerprint density at radius 1 is 1.21 bits per heavy atom. The molecule has 0 atom stereocenters. The molecule has 0 unspecified atom stereocenters. The number of nitrogens with two attached hydrogens (primary N) is 1. The van der Waals surface area contributed by atoms with Gasteiger partial charge in [-0.1, -0.05) is 26.0 Å². The van der Waals surface area contributed by atoms with Crippen LogP contribution in [0.5, 0.6) is 0 Å². The van der Waals surface area contributed by atoms with E-state index in [9.17, 15) is 0 Å². The van der Waals surface area contributed by atoms with Gasteiger partial charge in [0.2, 0.25) is 0 Å². The molecular formula is C15H19N3S. The molecule has 0 saturated carbocycles. The largest absolute Gasteiger partial charge is 0.308 e. The molecule has 0 aliphatic heterocycles. The Kier molecular flexibility index (Phi) is 4.82. The summed E-state index contributed by atoms with van der Waals surface area (Å²) in [5.74, 6) is 7.55. The first kappa shape index (κ1) is 13.9. The van der Waals surface area contributed by atoms with Gasteiger partial charge in [0, 0.05) is 16.8 Å². The second-order valence-electron chi connectivity index (χ2n) is 4.71. The molecule has 2 rings (SSSR count). The van der Waals surface area contributed by atoms with Crippen LogP contribution in [0.3, 0.4) is 0 Å². The highest BCUT2D eigenvalue weighted by atomic mass is 32.2.